The summed E-state index contributed by atoms with van der Waals surface area (Å²) in [5.74, 6) is -0.282. The number of carbonyl (C=O) groups excluding carboxylic acids is 3. The molecule has 2 aromatic heterocycles. The number of aryl methyl sites for hydroxylation is 1. The summed E-state index contributed by atoms with van der Waals surface area (Å²) in [7, 11) is 0. The van der Waals surface area contributed by atoms with Gasteiger partial charge < -0.3 is 27.0 Å². The standard InChI is InChI=1S/C20H23N7O3S/c1-11-7-23-17(31-11)8-24-18(28)16-6-12(21)9-27(16)20(30)25-14-10-26(19(22)29)15-5-3-2-4-13(14)15/h2-5,7,10,12,16H,6,8-9,21H2,1H3,(H2,22,29)(H,24,28)(H,25,30)/t12-,16-/m0/s1. The van der Waals surface area contributed by atoms with Crippen LogP contribution in [0.3, 0.4) is 0 Å². The first-order valence-corrected chi connectivity index (χ1v) is 10.6. The van der Waals surface area contributed by atoms with Crippen molar-refractivity contribution >= 4 is 45.9 Å². The summed E-state index contributed by atoms with van der Waals surface area (Å²) < 4.78 is 1.26. The number of carbonyl (C=O) groups is 3. The van der Waals surface area contributed by atoms with Crippen LogP contribution in [0.2, 0.25) is 0 Å². The molecule has 2 atom stereocenters. The number of nitrogens with one attached hydrogen (secondary N) is 2. The van der Waals surface area contributed by atoms with Crippen LogP contribution in [-0.2, 0) is 11.3 Å². The van der Waals surface area contributed by atoms with Crippen molar-refractivity contribution in [3.63, 3.8) is 0 Å². The van der Waals surface area contributed by atoms with Gasteiger partial charge in [0.1, 0.15) is 11.0 Å². The average molecular weight is 442 g/mol. The van der Waals surface area contributed by atoms with E-state index in [0.717, 1.165) is 9.88 Å². The lowest BCUT2D eigenvalue weighted by atomic mass is 10.1. The second kappa shape index (κ2) is 8.36. The highest BCUT2D eigenvalue weighted by atomic mass is 32.1. The molecule has 0 bridgehead atoms. The van der Waals surface area contributed by atoms with E-state index in [1.54, 1.807) is 30.5 Å². The Hall–Kier alpha value is -3.44. The molecule has 3 heterocycles. The van der Waals surface area contributed by atoms with E-state index in [0.29, 0.717) is 29.6 Å². The fourth-order valence-electron chi connectivity index (χ4n) is 3.75. The molecule has 4 rings (SSSR count). The number of para-hydroxylation sites is 1. The van der Waals surface area contributed by atoms with Gasteiger partial charge >= 0.3 is 12.1 Å². The molecule has 1 aromatic carbocycles. The second-order valence-electron chi connectivity index (χ2n) is 7.44. The predicted molar refractivity (Wildman–Crippen MR) is 118 cm³/mol. The molecule has 162 valence electrons. The van der Waals surface area contributed by atoms with Crippen molar-refractivity contribution in [2.75, 3.05) is 11.9 Å². The maximum Gasteiger partial charge on any atom is 0.323 e. The Balaban J connectivity index is 1.50. The van der Waals surface area contributed by atoms with E-state index in [1.807, 2.05) is 6.92 Å². The second-order valence-corrected chi connectivity index (χ2v) is 8.76. The summed E-state index contributed by atoms with van der Waals surface area (Å²) in [5, 5.41) is 7.10. The van der Waals surface area contributed by atoms with Crippen molar-refractivity contribution in [3.05, 3.63) is 46.5 Å². The lowest BCUT2D eigenvalue weighted by Crippen LogP contribution is -2.47. The third-order valence-corrected chi connectivity index (χ3v) is 6.08. The molecule has 1 aliphatic rings. The van der Waals surface area contributed by atoms with Gasteiger partial charge in [0.2, 0.25) is 5.91 Å². The van der Waals surface area contributed by atoms with Crippen LogP contribution < -0.4 is 22.1 Å². The number of aromatic nitrogens is 2. The Morgan fingerprint density at radius 3 is 2.77 bits per heavy atom. The number of anilines is 1. The molecule has 0 aliphatic carbocycles. The minimum atomic E-state index is -0.694. The molecule has 4 amide bonds. The number of amides is 4. The average Bonchev–Trinajstić information content (AvgIpc) is 3.43. The summed E-state index contributed by atoms with van der Waals surface area (Å²) >= 11 is 1.50. The highest BCUT2D eigenvalue weighted by Gasteiger charge is 2.38. The molecule has 31 heavy (non-hydrogen) atoms. The van der Waals surface area contributed by atoms with E-state index < -0.39 is 18.1 Å². The van der Waals surface area contributed by atoms with Crippen molar-refractivity contribution < 1.29 is 14.4 Å². The molecule has 0 spiro atoms. The van der Waals surface area contributed by atoms with Gasteiger partial charge in [0, 0.05) is 35.2 Å². The van der Waals surface area contributed by atoms with Gasteiger partial charge in [-0.3, -0.25) is 9.36 Å². The Morgan fingerprint density at radius 2 is 2.06 bits per heavy atom. The summed E-state index contributed by atoms with van der Waals surface area (Å²) in [6, 6.07) is 4.96. The summed E-state index contributed by atoms with van der Waals surface area (Å²) in [4.78, 5) is 44.2. The number of nitrogens with two attached hydrogens (primary N) is 2. The first-order valence-electron chi connectivity index (χ1n) is 9.75. The van der Waals surface area contributed by atoms with Crippen LogP contribution in [0.4, 0.5) is 15.3 Å². The van der Waals surface area contributed by atoms with E-state index >= 15 is 0 Å². The van der Waals surface area contributed by atoms with Crippen LogP contribution in [0, 0.1) is 6.92 Å². The van der Waals surface area contributed by atoms with Crippen molar-refractivity contribution in [3.8, 4) is 0 Å². The molecule has 1 saturated heterocycles. The molecule has 0 radical (unpaired) electrons. The van der Waals surface area contributed by atoms with Gasteiger partial charge in [-0.1, -0.05) is 18.2 Å². The number of hydrogen-bond acceptors (Lipinski definition) is 6. The number of benzene rings is 1. The zero-order chi connectivity index (χ0) is 22.1. The number of fused-ring (bicyclic) bond motifs is 1. The Labute approximate surface area is 182 Å². The molecule has 6 N–H and O–H groups in total. The summed E-state index contributed by atoms with van der Waals surface area (Å²) in [6.45, 7) is 2.49. The summed E-state index contributed by atoms with van der Waals surface area (Å²) in [6.07, 6.45) is 3.58. The lowest BCUT2D eigenvalue weighted by Gasteiger charge is -2.23. The molecule has 3 aromatic rings. The fraction of sp³-hybridized carbons (Fsp3) is 0.300. The molecule has 0 unspecified atom stereocenters. The quantitative estimate of drug-likeness (QED) is 0.485. The molecule has 11 heteroatoms. The van der Waals surface area contributed by atoms with Crippen LogP contribution in [0.5, 0.6) is 0 Å². The normalized spacial score (nSPS) is 18.3. The number of hydrogen-bond donors (Lipinski definition) is 4. The van der Waals surface area contributed by atoms with Crippen molar-refractivity contribution in [2.45, 2.75) is 32.0 Å². The van der Waals surface area contributed by atoms with Crippen LogP contribution in [0.25, 0.3) is 10.9 Å². The van der Waals surface area contributed by atoms with Crippen LogP contribution >= 0.6 is 11.3 Å². The first-order chi connectivity index (χ1) is 14.8. The van der Waals surface area contributed by atoms with Gasteiger partial charge in [-0.05, 0) is 19.4 Å². The number of likely N-dealkylation sites (tertiary alicyclic amines) is 1. The highest BCUT2D eigenvalue weighted by Crippen LogP contribution is 2.27. The van der Waals surface area contributed by atoms with Crippen LogP contribution in [-0.4, -0.2) is 51.0 Å². The van der Waals surface area contributed by atoms with Gasteiger partial charge in [-0.25, -0.2) is 14.6 Å². The zero-order valence-corrected chi connectivity index (χ0v) is 17.7. The van der Waals surface area contributed by atoms with E-state index in [4.69, 9.17) is 11.5 Å². The van der Waals surface area contributed by atoms with E-state index in [-0.39, 0.29) is 18.5 Å². The highest BCUT2D eigenvalue weighted by molar-refractivity contribution is 7.11. The maximum atomic E-state index is 13.0. The molecule has 1 fully saturated rings. The van der Waals surface area contributed by atoms with Gasteiger partial charge in [-0.2, -0.15) is 0 Å². The minimum absolute atomic E-state index is 0.245. The van der Waals surface area contributed by atoms with E-state index in [1.165, 1.54) is 27.0 Å². The van der Waals surface area contributed by atoms with E-state index in [2.05, 4.69) is 15.6 Å². The molecular formula is C20H23N7O3S. The topological polar surface area (TPSA) is 148 Å². The Kier molecular flexibility index (Phi) is 5.61. The number of primary amides is 1. The third-order valence-electron chi connectivity index (χ3n) is 5.17. The number of thiazole rings is 1. The Bertz CT molecular complexity index is 1150. The number of nitrogens with zero attached hydrogens (tertiary/aromatic N) is 3. The zero-order valence-electron chi connectivity index (χ0n) is 16.9. The smallest absolute Gasteiger partial charge is 0.323 e. The van der Waals surface area contributed by atoms with Gasteiger partial charge in [0.15, 0.2) is 0 Å². The van der Waals surface area contributed by atoms with Crippen molar-refractivity contribution in [1.82, 2.24) is 19.8 Å². The molecule has 0 saturated carbocycles. The fourth-order valence-corrected chi connectivity index (χ4v) is 4.48. The molecule has 1 aliphatic heterocycles. The molecular weight excluding hydrogens is 418 g/mol. The largest absolute Gasteiger partial charge is 0.351 e. The third kappa shape index (κ3) is 4.23. The van der Waals surface area contributed by atoms with E-state index in [9.17, 15) is 14.4 Å². The first kappa shape index (κ1) is 20.8. The number of rotatable bonds is 4. The van der Waals surface area contributed by atoms with Crippen molar-refractivity contribution in [2.24, 2.45) is 11.5 Å². The van der Waals surface area contributed by atoms with Gasteiger partial charge in [0.05, 0.1) is 17.7 Å². The predicted octanol–water partition coefficient (Wildman–Crippen LogP) is 1.58. The van der Waals surface area contributed by atoms with Crippen molar-refractivity contribution in [1.29, 1.82) is 0 Å². The number of urea groups is 1. The SMILES string of the molecule is Cc1cnc(CNC(=O)[C@@H]2C[C@H](N)CN2C(=O)Nc2cn(C(N)=O)c3ccccc23)s1. The van der Waals surface area contributed by atoms with Gasteiger partial charge in [0.25, 0.3) is 0 Å². The minimum Gasteiger partial charge on any atom is -0.351 e. The Morgan fingerprint density at radius 1 is 1.29 bits per heavy atom. The molecule has 10 nitrogen and oxygen atoms in total. The van der Waals surface area contributed by atoms with Crippen LogP contribution in [0.1, 0.15) is 16.3 Å². The maximum absolute atomic E-state index is 13.0. The monoisotopic (exact) mass is 441 g/mol. The lowest BCUT2D eigenvalue weighted by molar-refractivity contribution is -0.124. The van der Waals surface area contributed by atoms with Crippen LogP contribution in [0.15, 0.2) is 36.7 Å². The summed E-state index contributed by atoms with van der Waals surface area (Å²) in [5.41, 5.74) is 12.5. The van der Waals surface area contributed by atoms with Gasteiger partial charge in [-0.15, -0.1) is 11.3 Å².